The first-order valence-electron chi connectivity index (χ1n) is 8.60. The zero-order valence-corrected chi connectivity index (χ0v) is 14.0. The first kappa shape index (κ1) is 16.5. The van der Waals surface area contributed by atoms with Crippen molar-refractivity contribution in [1.82, 2.24) is 14.7 Å². The molecule has 1 saturated carbocycles. The number of nitrogens with two attached hydrogens (primary N) is 1. The molecule has 2 rings (SSSR count). The van der Waals surface area contributed by atoms with Crippen LogP contribution in [0.3, 0.4) is 0 Å². The minimum absolute atomic E-state index is 0.191. The van der Waals surface area contributed by atoms with Crippen molar-refractivity contribution in [2.75, 3.05) is 13.6 Å². The van der Waals surface area contributed by atoms with E-state index >= 15 is 0 Å². The van der Waals surface area contributed by atoms with E-state index in [9.17, 15) is 0 Å². The van der Waals surface area contributed by atoms with Gasteiger partial charge in [0.05, 0.1) is 11.7 Å². The lowest BCUT2D eigenvalue weighted by atomic mass is 9.80. The van der Waals surface area contributed by atoms with E-state index in [2.05, 4.69) is 42.7 Å². The Morgan fingerprint density at radius 2 is 1.95 bits per heavy atom. The van der Waals surface area contributed by atoms with Crippen molar-refractivity contribution in [2.45, 2.75) is 76.9 Å². The van der Waals surface area contributed by atoms with Gasteiger partial charge in [0.2, 0.25) is 0 Å². The average molecular weight is 292 g/mol. The maximum absolute atomic E-state index is 6.12. The van der Waals surface area contributed by atoms with E-state index in [1.807, 2.05) is 0 Å². The summed E-state index contributed by atoms with van der Waals surface area (Å²) in [5.74, 6) is 0. The van der Waals surface area contributed by atoms with Crippen LogP contribution in [0.2, 0.25) is 0 Å². The number of hydrogen-bond donors (Lipinski definition) is 1. The van der Waals surface area contributed by atoms with Crippen LogP contribution in [0.5, 0.6) is 0 Å². The van der Waals surface area contributed by atoms with Gasteiger partial charge in [0.1, 0.15) is 0 Å². The fourth-order valence-corrected chi connectivity index (χ4v) is 3.69. The summed E-state index contributed by atoms with van der Waals surface area (Å²) in [4.78, 5) is 2.45. The van der Waals surface area contributed by atoms with Gasteiger partial charge >= 0.3 is 0 Å². The van der Waals surface area contributed by atoms with Crippen LogP contribution in [-0.2, 0) is 6.54 Å². The molecular weight excluding hydrogens is 260 g/mol. The summed E-state index contributed by atoms with van der Waals surface area (Å²) in [7, 11) is 2.22. The van der Waals surface area contributed by atoms with Crippen molar-refractivity contribution >= 4 is 0 Å². The van der Waals surface area contributed by atoms with Crippen LogP contribution in [0.25, 0.3) is 0 Å². The SMILES string of the molecule is CCC(CC)n1ccc(CN(C)C2(CN)CCCCC2)n1. The van der Waals surface area contributed by atoms with Gasteiger partial charge in [-0.2, -0.15) is 5.10 Å². The zero-order valence-electron chi connectivity index (χ0n) is 14.0. The minimum Gasteiger partial charge on any atom is -0.329 e. The number of nitrogens with zero attached hydrogens (tertiary/aromatic N) is 3. The summed E-state index contributed by atoms with van der Waals surface area (Å²) < 4.78 is 2.14. The van der Waals surface area contributed by atoms with E-state index in [0.717, 1.165) is 25.9 Å². The summed E-state index contributed by atoms with van der Waals surface area (Å²) in [6, 6.07) is 2.70. The molecule has 0 amide bonds. The highest BCUT2D eigenvalue weighted by molar-refractivity contribution is 5.02. The zero-order chi connectivity index (χ0) is 15.3. The Labute approximate surface area is 129 Å². The van der Waals surface area contributed by atoms with Gasteiger partial charge in [-0.15, -0.1) is 0 Å². The van der Waals surface area contributed by atoms with Gasteiger partial charge in [0, 0.05) is 24.8 Å². The molecule has 2 N–H and O–H groups in total. The Kier molecular flexibility index (Phi) is 5.82. The lowest BCUT2D eigenvalue weighted by molar-refractivity contribution is 0.0744. The smallest absolute Gasteiger partial charge is 0.0764 e. The molecule has 1 heterocycles. The summed E-state index contributed by atoms with van der Waals surface area (Å²) in [5, 5.41) is 4.79. The summed E-state index contributed by atoms with van der Waals surface area (Å²) in [6.45, 7) is 6.13. The number of hydrogen-bond acceptors (Lipinski definition) is 3. The number of aromatic nitrogens is 2. The fraction of sp³-hybridized carbons (Fsp3) is 0.824. The Bertz CT molecular complexity index is 416. The molecule has 0 aromatic carbocycles. The molecule has 1 aliphatic rings. The number of likely N-dealkylation sites (N-methyl/N-ethyl adjacent to an activating group) is 1. The molecule has 0 aliphatic heterocycles. The summed E-state index contributed by atoms with van der Waals surface area (Å²) in [6.07, 6.45) is 10.9. The Hall–Kier alpha value is -0.870. The third-order valence-corrected chi connectivity index (χ3v) is 5.35. The Balaban J connectivity index is 2.03. The highest BCUT2D eigenvalue weighted by Crippen LogP contribution is 2.32. The normalized spacial score (nSPS) is 18.6. The average Bonchev–Trinajstić information content (AvgIpc) is 2.97. The largest absolute Gasteiger partial charge is 0.329 e. The van der Waals surface area contributed by atoms with Gasteiger partial charge in [-0.3, -0.25) is 9.58 Å². The van der Waals surface area contributed by atoms with E-state index < -0.39 is 0 Å². The molecule has 1 aromatic rings. The molecule has 0 bridgehead atoms. The van der Waals surface area contributed by atoms with E-state index in [1.165, 1.54) is 37.8 Å². The Morgan fingerprint density at radius 1 is 1.29 bits per heavy atom. The van der Waals surface area contributed by atoms with Crippen LogP contribution in [0, 0.1) is 0 Å². The van der Waals surface area contributed by atoms with Gasteiger partial charge in [-0.25, -0.2) is 0 Å². The third-order valence-electron chi connectivity index (χ3n) is 5.35. The van der Waals surface area contributed by atoms with Crippen molar-refractivity contribution in [3.8, 4) is 0 Å². The predicted molar refractivity (Wildman–Crippen MR) is 88.2 cm³/mol. The molecule has 0 saturated heterocycles. The van der Waals surface area contributed by atoms with Crippen molar-refractivity contribution in [3.05, 3.63) is 18.0 Å². The van der Waals surface area contributed by atoms with E-state index in [4.69, 9.17) is 10.8 Å². The molecule has 0 spiro atoms. The van der Waals surface area contributed by atoms with Crippen LogP contribution in [0.4, 0.5) is 0 Å². The maximum atomic E-state index is 6.12. The first-order valence-corrected chi connectivity index (χ1v) is 8.60. The molecule has 1 aliphatic carbocycles. The molecule has 0 unspecified atom stereocenters. The van der Waals surface area contributed by atoms with Gasteiger partial charge in [0.25, 0.3) is 0 Å². The van der Waals surface area contributed by atoms with Gasteiger partial charge in [-0.05, 0) is 38.8 Å². The molecule has 1 fully saturated rings. The highest BCUT2D eigenvalue weighted by Gasteiger charge is 2.34. The monoisotopic (exact) mass is 292 g/mol. The van der Waals surface area contributed by atoms with Crippen LogP contribution in [0.1, 0.15) is 70.5 Å². The van der Waals surface area contributed by atoms with Crippen LogP contribution < -0.4 is 5.73 Å². The number of rotatable bonds is 7. The third kappa shape index (κ3) is 3.67. The second-order valence-electron chi connectivity index (χ2n) is 6.60. The summed E-state index contributed by atoms with van der Waals surface area (Å²) >= 11 is 0. The van der Waals surface area contributed by atoms with Crippen molar-refractivity contribution in [2.24, 2.45) is 5.73 Å². The highest BCUT2D eigenvalue weighted by atomic mass is 15.3. The maximum Gasteiger partial charge on any atom is 0.0764 e. The first-order chi connectivity index (χ1) is 10.1. The molecular formula is C17H32N4. The topological polar surface area (TPSA) is 47.1 Å². The second-order valence-corrected chi connectivity index (χ2v) is 6.60. The van der Waals surface area contributed by atoms with Crippen LogP contribution in [-0.4, -0.2) is 33.8 Å². The molecule has 21 heavy (non-hydrogen) atoms. The van der Waals surface area contributed by atoms with Crippen molar-refractivity contribution in [1.29, 1.82) is 0 Å². The van der Waals surface area contributed by atoms with E-state index in [-0.39, 0.29) is 5.54 Å². The quantitative estimate of drug-likeness (QED) is 0.838. The van der Waals surface area contributed by atoms with Crippen molar-refractivity contribution in [3.63, 3.8) is 0 Å². The van der Waals surface area contributed by atoms with Gasteiger partial charge in [0.15, 0.2) is 0 Å². The van der Waals surface area contributed by atoms with Gasteiger partial charge < -0.3 is 5.73 Å². The second kappa shape index (κ2) is 7.41. The molecule has 0 atom stereocenters. The van der Waals surface area contributed by atoms with E-state index in [1.54, 1.807) is 0 Å². The summed E-state index contributed by atoms with van der Waals surface area (Å²) in [5.41, 5.74) is 7.48. The molecule has 0 radical (unpaired) electrons. The molecule has 4 nitrogen and oxygen atoms in total. The lowest BCUT2D eigenvalue weighted by Gasteiger charge is -2.43. The lowest BCUT2D eigenvalue weighted by Crippen LogP contribution is -2.52. The molecule has 4 heteroatoms. The minimum atomic E-state index is 0.191. The van der Waals surface area contributed by atoms with Gasteiger partial charge in [-0.1, -0.05) is 33.1 Å². The fourth-order valence-electron chi connectivity index (χ4n) is 3.69. The standard InChI is InChI=1S/C17H32N4/c1-4-16(5-2)21-12-9-15(19-21)13-20(3)17(14-18)10-7-6-8-11-17/h9,12,16H,4-8,10-11,13-14,18H2,1-3H3. The van der Waals surface area contributed by atoms with Crippen LogP contribution in [0.15, 0.2) is 12.3 Å². The Morgan fingerprint density at radius 3 is 2.52 bits per heavy atom. The molecule has 1 aromatic heterocycles. The van der Waals surface area contributed by atoms with E-state index in [0.29, 0.717) is 6.04 Å². The van der Waals surface area contributed by atoms with Crippen molar-refractivity contribution < 1.29 is 0 Å². The van der Waals surface area contributed by atoms with Crippen LogP contribution >= 0.6 is 0 Å². The predicted octanol–water partition coefficient (Wildman–Crippen LogP) is 3.34. The molecule has 120 valence electrons.